The Morgan fingerprint density at radius 3 is 2.54 bits per heavy atom. The molecule has 1 aromatic heterocycles. The molecule has 0 radical (unpaired) electrons. The van der Waals surface area contributed by atoms with Crippen LogP contribution in [0, 0.1) is 5.92 Å². The van der Waals surface area contributed by atoms with Gasteiger partial charge in [0.1, 0.15) is 11.4 Å². The van der Waals surface area contributed by atoms with Crippen LogP contribution in [-0.2, 0) is 6.42 Å². The molecule has 132 valence electrons. The van der Waals surface area contributed by atoms with E-state index in [1.54, 1.807) is 12.5 Å². The molecule has 2 aromatic rings. The molecule has 0 aliphatic heterocycles. The van der Waals surface area contributed by atoms with Gasteiger partial charge in [0.15, 0.2) is 0 Å². The lowest BCUT2D eigenvalue weighted by Gasteiger charge is -2.22. The molecule has 0 fully saturated rings. The zero-order valence-electron chi connectivity index (χ0n) is 14.1. The molecule has 0 saturated heterocycles. The van der Waals surface area contributed by atoms with E-state index in [1.165, 1.54) is 11.3 Å². The molecule has 0 saturated carbocycles. The Morgan fingerprint density at radius 2 is 2.00 bits per heavy atom. The Kier molecular flexibility index (Phi) is 8.18. The number of nitrogens with two attached hydrogens (primary N) is 1. The summed E-state index contributed by atoms with van der Waals surface area (Å²) in [6.45, 7) is 4.70. The molecule has 2 rings (SSSR count). The zero-order chi connectivity index (χ0) is 16.8. The van der Waals surface area contributed by atoms with E-state index in [4.69, 9.17) is 10.5 Å². The van der Waals surface area contributed by atoms with E-state index in [1.807, 2.05) is 24.3 Å². The Balaban J connectivity index is 0.00000288. The van der Waals surface area contributed by atoms with Gasteiger partial charge in [-0.05, 0) is 30.2 Å². The molecule has 1 aromatic carbocycles. The number of nitrogens with zero attached hydrogens (tertiary/aromatic N) is 1. The van der Waals surface area contributed by atoms with Crippen molar-refractivity contribution in [2.45, 2.75) is 26.3 Å². The van der Waals surface area contributed by atoms with Crippen LogP contribution in [0.15, 0.2) is 29.6 Å². The Labute approximate surface area is 153 Å². The number of carbonyl (C=O) groups excluding carboxylic acids is 1. The lowest BCUT2D eigenvalue weighted by atomic mass is 9.96. The minimum atomic E-state index is -0.154. The largest absolute Gasteiger partial charge is 0.497 e. The molecule has 7 heteroatoms. The molecule has 0 bridgehead atoms. The second-order valence-corrected chi connectivity index (χ2v) is 6.58. The lowest BCUT2D eigenvalue weighted by Crippen LogP contribution is -2.32. The summed E-state index contributed by atoms with van der Waals surface area (Å²) in [5, 5.41) is 5.75. The fraction of sp³-hybridized carbons (Fsp3) is 0.412. The van der Waals surface area contributed by atoms with Crippen LogP contribution in [0.4, 0.5) is 0 Å². The molecule has 0 aliphatic carbocycles. The number of halogens is 1. The first-order chi connectivity index (χ1) is 11.0. The summed E-state index contributed by atoms with van der Waals surface area (Å²) in [4.78, 5) is 16.8. The predicted molar refractivity (Wildman–Crippen MR) is 100 cm³/mol. The van der Waals surface area contributed by atoms with Crippen molar-refractivity contribution in [3.63, 3.8) is 0 Å². The van der Waals surface area contributed by atoms with Gasteiger partial charge in [0.25, 0.3) is 5.91 Å². The summed E-state index contributed by atoms with van der Waals surface area (Å²) >= 11 is 1.47. The molecule has 5 nitrogen and oxygen atoms in total. The second-order valence-electron chi connectivity index (χ2n) is 5.63. The first-order valence-corrected chi connectivity index (χ1v) is 8.52. The van der Waals surface area contributed by atoms with Gasteiger partial charge < -0.3 is 15.8 Å². The maximum atomic E-state index is 12.5. The summed E-state index contributed by atoms with van der Waals surface area (Å²) in [5.41, 5.74) is 7.03. The van der Waals surface area contributed by atoms with Crippen molar-refractivity contribution in [1.29, 1.82) is 0 Å². The maximum absolute atomic E-state index is 12.5. The van der Waals surface area contributed by atoms with Crippen molar-refractivity contribution in [2.24, 2.45) is 11.7 Å². The molecule has 1 heterocycles. The second kappa shape index (κ2) is 9.61. The number of benzene rings is 1. The number of aromatic nitrogens is 1. The maximum Gasteiger partial charge on any atom is 0.271 e. The van der Waals surface area contributed by atoms with E-state index in [2.05, 4.69) is 24.1 Å². The number of rotatable bonds is 7. The van der Waals surface area contributed by atoms with Crippen LogP contribution in [0.2, 0.25) is 0 Å². The first-order valence-electron chi connectivity index (χ1n) is 7.64. The van der Waals surface area contributed by atoms with Gasteiger partial charge in [0.2, 0.25) is 0 Å². The third-order valence-electron chi connectivity index (χ3n) is 3.57. The van der Waals surface area contributed by atoms with Gasteiger partial charge in [0, 0.05) is 11.8 Å². The number of thiazole rings is 1. The van der Waals surface area contributed by atoms with Crippen LogP contribution in [0.3, 0.4) is 0 Å². The average Bonchev–Trinajstić information content (AvgIpc) is 3.01. The quantitative estimate of drug-likeness (QED) is 0.785. The highest BCUT2D eigenvalue weighted by atomic mass is 35.5. The highest BCUT2D eigenvalue weighted by molar-refractivity contribution is 7.09. The van der Waals surface area contributed by atoms with E-state index >= 15 is 0 Å². The fourth-order valence-electron chi connectivity index (χ4n) is 2.31. The van der Waals surface area contributed by atoms with Gasteiger partial charge in [-0.25, -0.2) is 4.98 Å². The number of amides is 1. The highest BCUT2D eigenvalue weighted by Gasteiger charge is 2.20. The normalized spacial score (nSPS) is 11.7. The minimum absolute atomic E-state index is 0. The first kappa shape index (κ1) is 20.4. The number of methoxy groups -OCH3 is 1. The summed E-state index contributed by atoms with van der Waals surface area (Å²) in [7, 11) is 1.64. The van der Waals surface area contributed by atoms with E-state index < -0.39 is 0 Å². The van der Waals surface area contributed by atoms with Gasteiger partial charge in [-0.15, -0.1) is 23.7 Å². The number of hydrogen-bond acceptors (Lipinski definition) is 5. The number of nitrogens with one attached hydrogen (secondary N) is 1. The van der Waals surface area contributed by atoms with Gasteiger partial charge in [-0.2, -0.15) is 0 Å². The topological polar surface area (TPSA) is 77.2 Å². The summed E-state index contributed by atoms with van der Waals surface area (Å²) < 4.78 is 5.18. The molecular formula is C17H24ClN3O2S. The zero-order valence-corrected chi connectivity index (χ0v) is 15.7. The van der Waals surface area contributed by atoms with Crippen molar-refractivity contribution in [1.82, 2.24) is 10.3 Å². The molecule has 0 spiro atoms. The van der Waals surface area contributed by atoms with Gasteiger partial charge in [0.05, 0.1) is 18.2 Å². The smallest absolute Gasteiger partial charge is 0.271 e. The van der Waals surface area contributed by atoms with Crippen LogP contribution in [0.25, 0.3) is 0 Å². The van der Waals surface area contributed by atoms with Crippen molar-refractivity contribution < 1.29 is 9.53 Å². The highest BCUT2D eigenvalue weighted by Crippen LogP contribution is 2.24. The number of carbonyl (C=O) groups is 1. The monoisotopic (exact) mass is 369 g/mol. The standard InChI is InChI=1S/C17H23N3O2S.ClH/c1-11(2)16(12-4-6-13(22-3)7-5-12)20-17(21)14-10-23-15(19-14)8-9-18;/h4-7,10-11,16H,8-9,18H2,1-3H3,(H,20,21);1H. The van der Waals surface area contributed by atoms with E-state index in [0.717, 1.165) is 16.3 Å². The minimum Gasteiger partial charge on any atom is -0.497 e. The Hall–Kier alpha value is -1.63. The van der Waals surface area contributed by atoms with Gasteiger partial charge in [-0.3, -0.25) is 4.79 Å². The molecule has 1 amide bonds. The number of hydrogen-bond donors (Lipinski definition) is 2. The third-order valence-corrected chi connectivity index (χ3v) is 4.48. The van der Waals surface area contributed by atoms with Crippen LogP contribution in [-0.4, -0.2) is 24.5 Å². The van der Waals surface area contributed by atoms with Crippen molar-refractivity contribution in [3.05, 3.63) is 45.9 Å². The lowest BCUT2D eigenvalue weighted by molar-refractivity contribution is 0.0921. The molecule has 24 heavy (non-hydrogen) atoms. The van der Waals surface area contributed by atoms with Crippen LogP contribution in [0.5, 0.6) is 5.75 Å². The molecule has 1 unspecified atom stereocenters. The van der Waals surface area contributed by atoms with E-state index in [9.17, 15) is 4.79 Å². The summed E-state index contributed by atoms with van der Waals surface area (Å²) in [6, 6.07) is 7.68. The van der Waals surface area contributed by atoms with E-state index in [0.29, 0.717) is 18.7 Å². The van der Waals surface area contributed by atoms with Crippen molar-refractivity contribution >= 4 is 29.7 Å². The van der Waals surface area contributed by atoms with Crippen LogP contribution >= 0.6 is 23.7 Å². The third kappa shape index (κ3) is 5.19. The molecule has 3 N–H and O–H groups in total. The molecular weight excluding hydrogens is 346 g/mol. The van der Waals surface area contributed by atoms with E-state index in [-0.39, 0.29) is 30.3 Å². The molecule has 1 atom stereocenters. The molecule has 0 aliphatic rings. The van der Waals surface area contributed by atoms with Gasteiger partial charge >= 0.3 is 0 Å². The SMILES string of the molecule is COc1ccc(C(NC(=O)c2csc(CCN)n2)C(C)C)cc1.Cl. The summed E-state index contributed by atoms with van der Waals surface area (Å²) in [5.74, 6) is 0.905. The summed E-state index contributed by atoms with van der Waals surface area (Å²) in [6.07, 6.45) is 0.698. The Bertz CT molecular complexity index is 644. The predicted octanol–water partition coefficient (Wildman–Crippen LogP) is 3.20. The number of ether oxygens (including phenoxy) is 1. The van der Waals surface area contributed by atoms with Crippen LogP contribution in [0.1, 0.15) is 40.9 Å². The van der Waals surface area contributed by atoms with Gasteiger partial charge in [-0.1, -0.05) is 26.0 Å². The van der Waals surface area contributed by atoms with Crippen molar-refractivity contribution in [2.75, 3.05) is 13.7 Å². The fourth-order valence-corrected chi connectivity index (χ4v) is 3.11. The average molecular weight is 370 g/mol. The van der Waals surface area contributed by atoms with Crippen LogP contribution < -0.4 is 15.8 Å². The Morgan fingerprint density at radius 1 is 1.33 bits per heavy atom. The van der Waals surface area contributed by atoms with Crippen molar-refractivity contribution in [3.8, 4) is 5.75 Å².